The monoisotopic (exact) mass is 256 g/mol. The lowest BCUT2D eigenvalue weighted by Crippen LogP contribution is -2.31. The molecule has 1 aromatic carbocycles. The van der Waals surface area contributed by atoms with E-state index in [4.69, 9.17) is 0 Å². The molecule has 1 amide bonds. The van der Waals surface area contributed by atoms with Crippen LogP contribution in [0.15, 0.2) is 29.2 Å². The molecule has 5 nitrogen and oxygen atoms in total. The second kappa shape index (κ2) is 5.79. The highest BCUT2D eigenvalue weighted by Crippen LogP contribution is 2.14. The topological polar surface area (TPSA) is 75.3 Å². The summed E-state index contributed by atoms with van der Waals surface area (Å²) in [6, 6.07) is 6.18. The van der Waals surface area contributed by atoms with Gasteiger partial charge in [0.05, 0.1) is 10.5 Å². The van der Waals surface area contributed by atoms with Crippen LogP contribution >= 0.6 is 0 Å². The van der Waals surface area contributed by atoms with Crippen LogP contribution in [0, 0.1) is 0 Å². The van der Waals surface area contributed by atoms with Crippen molar-refractivity contribution in [3.8, 4) is 0 Å². The fraction of sp³-hybridized carbons (Fsp3) is 0.364. The summed E-state index contributed by atoms with van der Waals surface area (Å²) in [7, 11) is -1.61. The first kappa shape index (κ1) is 13.7. The summed E-state index contributed by atoms with van der Waals surface area (Å²) >= 11 is 0. The van der Waals surface area contributed by atoms with Crippen LogP contribution in [0.1, 0.15) is 10.4 Å². The predicted molar refractivity (Wildman–Crippen MR) is 65.8 cm³/mol. The maximum Gasteiger partial charge on any atom is 0.252 e. The largest absolute Gasteiger partial charge is 0.351 e. The van der Waals surface area contributed by atoms with Crippen LogP contribution in [0.4, 0.5) is 0 Å². The molecule has 0 atom stereocenters. The van der Waals surface area contributed by atoms with Gasteiger partial charge in [-0.2, -0.15) is 0 Å². The Labute approximate surface area is 101 Å². The second-order valence-electron chi connectivity index (χ2n) is 3.63. The molecule has 0 fully saturated rings. The van der Waals surface area contributed by atoms with Crippen molar-refractivity contribution in [1.82, 2.24) is 10.6 Å². The molecule has 0 spiro atoms. The molecule has 1 aromatic rings. The first-order valence-electron chi connectivity index (χ1n) is 5.18. The lowest BCUT2D eigenvalue weighted by Gasteiger charge is -2.08. The van der Waals surface area contributed by atoms with Gasteiger partial charge in [-0.05, 0) is 19.2 Å². The molecule has 0 radical (unpaired) electrons. The Morgan fingerprint density at radius 1 is 1.24 bits per heavy atom. The van der Waals surface area contributed by atoms with E-state index in [0.29, 0.717) is 13.1 Å². The lowest BCUT2D eigenvalue weighted by atomic mass is 10.2. The van der Waals surface area contributed by atoms with Crippen molar-refractivity contribution in [2.24, 2.45) is 0 Å². The number of hydrogen-bond donors (Lipinski definition) is 2. The van der Waals surface area contributed by atoms with E-state index in [-0.39, 0.29) is 16.4 Å². The number of amides is 1. The Bertz CT molecular complexity index is 497. The average Bonchev–Trinajstić information content (AvgIpc) is 2.28. The molecule has 0 bridgehead atoms. The first-order valence-corrected chi connectivity index (χ1v) is 7.08. The second-order valence-corrected chi connectivity index (χ2v) is 5.61. The Morgan fingerprint density at radius 3 is 2.47 bits per heavy atom. The molecule has 2 N–H and O–H groups in total. The van der Waals surface area contributed by atoms with Gasteiger partial charge in [0, 0.05) is 19.3 Å². The number of rotatable bonds is 5. The lowest BCUT2D eigenvalue weighted by molar-refractivity contribution is 0.0951. The number of hydrogen-bond acceptors (Lipinski definition) is 4. The molecule has 0 aliphatic carbocycles. The normalized spacial score (nSPS) is 11.2. The molecule has 6 heteroatoms. The van der Waals surface area contributed by atoms with E-state index < -0.39 is 9.84 Å². The summed E-state index contributed by atoms with van der Waals surface area (Å²) < 4.78 is 23.0. The number of nitrogens with one attached hydrogen (secondary N) is 2. The van der Waals surface area contributed by atoms with E-state index in [1.54, 1.807) is 19.2 Å². The van der Waals surface area contributed by atoms with Crippen LogP contribution < -0.4 is 10.6 Å². The van der Waals surface area contributed by atoms with Crippen LogP contribution in [0.5, 0.6) is 0 Å². The van der Waals surface area contributed by atoms with Gasteiger partial charge in [-0.15, -0.1) is 0 Å². The molecule has 94 valence electrons. The highest BCUT2D eigenvalue weighted by atomic mass is 32.2. The van der Waals surface area contributed by atoms with Gasteiger partial charge >= 0.3 is 0 Å². The maximum absolute atomic E-state index is 11.8. The zero-order chi connectivity index (χ0) is 12.9. The molecule has 0 heterocycles. The molecule has 0 aliphatic rings. The molecule has 0 aliphatic heterocycles. The summed E-state index contributed by atoms with van der Waals surface area (Å²) in [5.74, 6) is -0.374. The molecule has 0 saturated heterocycles. The van der Waals surface area contributed by atoms with E-state index in [1.807, 2.05) is 0 Å². The first-order chi connectivity index (χ1) is 7.96. The Kier molecular flexibility index (Phi) is 4.65. The van der Waals surface area contributed by atoms with Crippen LogP contribution in [0.2, 0.25) is 0 Å². The summed E-state index contributed by atoms with van der Waals surface area (Å²) in [6.45, 7) is 1.08. The molecular weight excluding hydrogens is 240 g/mol. The summed E-state index contributed by atoms with van der Waals surface area (Å²) in [5.41, 5.74) is 0.186. The van der Waals surface area contributed by atoms with Crippen LogP contribution in [0.25, 0.3) is 0 Å². The third-order valence-corrected chi connectivity index (χ3v) is 3.35. The average molecular weight is 256 g/mol. The molecule has 0 aromatic heterocycles. The van der Waals surface area contributed by atoms with Gasteiger partial charge in [0.25, 0.3) is 5.91 Å². The fourth-order valence-electron chi connectivity index (χ4n) is 1.37. The number of carbonyl (C=O) groups excluding carboxylic acids is 1. The van der Waals surface area contributed by atoms with Crippen molar-refractivity contribution < 1.29 is 13.2 Å². The number of benzene rings is 1. The number of sulfone groups is 1. The quantitative estimate of drug-likeness (QED) is 0.729. The summed E-state index contributed by atoms with van der Waals surface area (Å²) in [4.78, 5) is 11.8. The molecular formula is C11H16N2O3S. The number of carbonyl (C=O) groups is 1. The molecule has 0 saturated carbocycles. The van der Waals surface area contributed by atoms with Crippen LogP contribution in [-0.2, 0) is 9.84 Å². The fourth-order valence-corrected chi connectivity index (χ4v) is 2.26. The predicted octanol–water partition coefficient (Wildman–Crippen LogP) is 0.0393. The van der Waals surface area contributed by atoms with Crippen molar-refractivity contribution >= 4 is 15.7 Å². The SMILES string of the molecule is CNCCNC(=O)c1ccccc1S(C)(=O)=O. The van der Waals surface area contributed by atoms with Gasteiger partial charge in [0.1, 0.15) is 0 Å². The zero-order valence-electron chi connectivity index (χ0n) is 9.86. The van der Waals surface area contributed by atoms with Crippen LogP contribution in [-0.4, -0.2) is 40.7 Å². The van der Waals surface area contributed by atoms with E-state index in [0.717, 1.165) is 6.26 Å². The van der Waals surface area contributed by atoms with Crippen molar-refractivity contribution in [3.05, 3.63) is 29.8 Å². The summed E-state index contributed by atoms with van der Waals surface area (Å²) in [5, 5.41) is 5.53. The van der Waals surface area contributed by atoms with Gasteiger partial charge in [-0.25, -0.2) is 8.42 Å². The minimum absolute atomic E-state index is 0.0574. The van der Waals surface area contributed by atoms with Gasteiger partial charge in [0.15, 0.2) is 9.84 Å². The van der Waals surface area contributed by atoms with Gasteiger partial charge in [-0.3, -0.25) is 4.79 Å². The smallest absolute Gasteiger partial charge is 0.252 e. The highest BCUT2D eigenvalue weighted by molar-refractivity contribution is 7.90. The standard InChI is InChI=1S/C11H16N2O3S/c1-12-7-8-13-11(14)9-5-3-4-6-10(9)17(2,15)16/h3-6,12H,7-8H2,1-2H3,(H,13,14). The van der Waals surface area contributed by atoms with Gasteiger partial charge in [-0.1, -0.05) is 12.1 Å². The van der Waals surface area contributed by atoms with Crippen molar-refractivity contribution in [3.63, 3.8) is 0 Å². The Hall–Kier alpha value is -1.40. The summed E-state index contributed by atoms with van der Waals surface area (Å²) in [6.07, 6.45) is 1.09. The van der Waals surface area contributed by atoms with Crippen molar-refractivity contribution in [1.29, 1.82) is 0 Å². The molecule has 17 heavy (non-hydrogen) atoms. The minimum Gasteiger partial charge on any atom is -0.351 e. The van der Waals surface area contributed by atoms with Gasteiger partial charge < -0.3 is 10.6 Å². The third-order valence-electron chi connectivity index (χ3n) is 2.19. The Balaban J connectivity index is 2.94. The van der Waals surface area contributed by atoms with E-state index in [1.165, 1.54) is 12.1 Å². The Morgan fingerprint density at radius 2 is 1.88 bits per heavy atom. The van der Waals surface area contributed by atoms with Gasteiger partial charge in [0.2, 0.25) is 0 Å². The molecule has 0 unspecified atom stereocenters. The van der Waals surface area contributed by atoms with E-state index in [2.05, 4.69) is 10.6 Å². The van der Waals surface area contributed by atoms with Crippen molar-refractivity contribution in [2.75, 3.05) is 26.4 Å². The zero-order valence-corrected chi connectivity index (χ0v) is 10.7. The third kappa shape index (κ3) is 3.83. The minimum atomic E-state index is -3.39. The van der Waals surface area contributed by atoms with Crippen LogP contribution in [0.3, 0.4) is 0 Å². The van der Waals surface area contributed by atoms with Crippen molar-refractivity contribution in [2.45, 2.75) is 4.90 Å². The van der Waals surface area contributed by atoms with E-state index >= 15 is 0 Å². The highest BCUT2D eigenvalue weighted by Gasteiger charge is 2.17. The number of likely N-dealkylation sites (N-methyl/N-ethyl adjacent to an activating group) is 1. The molecule has 1 rings (SSSR count). The maximum atomic E-state index is 11.8. The van der Waals surface area contributed by atoms with E-state index in [9.17, 15) is 13.2 Å².